The summed E-state index contributed by atoms with van der Waals surface area (Å²) in [7, 11) is 0. The highest BCUT2D eigenvalue weighted by molar-refractivity contribution is 6.01. The van der Waals surface area contributed by atoms with Crippen LogP contribution < -0.4 is 10.1 Å². The Bertz CT molecular complexity index is 710. The Hall–Kier alpha value is -2.32. The van der Waals surface area contributed by atoms with Crippen LogP contribution in [0.2, 0.25) is 0 Å². The van der Waals surface area contributed by atoms with Gasteiger partial charge in [-0.3, -0.25) is 4.79 Å². The molecule has 0 saturated carbocycles. The number of hydrogen-bond donors (Lipinski definition) is 1. The predicted molar refractivity (Wildman–Crippen MR) is 90.4 cm³/mol. The molecule has 5 heteroatoms. The number of carbonyl (C=O) groups is 1. The standard InChI is InChI=1S/C19H22N2O3/c1-19(2)10-14-8-13(5-6-17(14)24-19)9-15(11-20)18(22)21-12-16-4-3-7-23-16/h5-6,8-9,16H,3-4,7,10,12H2,1-2H3,(H,21,22)/b15-9+. The Morgan fingerprint density at radius 2 is 2.33 bits per heavy atom. The van der Waals surface area contributed by atoms with E-state index >= 15 is 0 Å². The molecule has 24 heavy (non-hydrogen) atoms. The van der Waals surface area contributed by atoms with Crippen LogP contribution >= 0.6 is 0 Å². The molecular formula is C19H22N2O3. The number of ether oxygens (including phenoxy) is 2. The van der Waals surface area contributed by atoms with Crippen LogP contribution in [0.1, 0.15) is 37.8 Å². The lowest BCUT2D eigenvalue weighted by atomic mass is 9.99. The molecule has 1 N–H and O–H groups in total. The van der Waals surface area contributed by atoms with Gasteiger partial charge in [-0.25, -0.2) is 0 Å². The van der Waals surface area contributed by atoms with Crippen molar-refractivity contribution < 1.29 is 14.3 Å². The van der Waals surface area contributed by atoms with E-state index in [0.29, 0.717) is 6.54 Å². The van der Waals surface area contributed by atoms with Crippen molar-refractivity contribution in [3.8, 4) is 11.8 Å². The summed E-state index contributed by atoms with van der Waals surface area (Å²) in [5.74, 6) is 0.517. The maximum absolute atomic E-state index is 12.2. The van der Waals surface area contributed by atoms with Gasteiger partial charge >= 0.3 is 0 Å². The topological polar surface area (TPSA) is 71.4 Å². The highest BCUT2D eigenvalue weighted by Crippen LogP contribution is 2.35. The van der Waals surface area contributed by atoms with Gasteiger partial charge in [0.2, 0.25) is 0 Å². The lowest BCUT2D eigenvalue weighted by Gasteiger charge is -2.16. The minimum Gasteiger partial charge on any atom is -0.487 e. The average molecular weight is 326 g/mol. The van der Waals surface area contributed by atoms with Crippen LogP contribution in [0, 0.1) is 11.3 Å². The van der Waals surface area contributed by atoms with Crippen LogP contribution in [0.15, 0.2) is 23.8 Å². The average Bonchev–Trinajstić information content (AvgIpc) is 3.15. The van der Waals surface area contributed by atoms with Crippen molar-refractivity contribution in [2.45, 2.75) is 44.8 Å². The Morgan fingerprint density at radius 1 is 1.50 bits per heavy atom. The van der Waals surface area contributed by atoms with E-state index in [0.717, 1.165) is 42.7 Å². The van der Waals surface area contributed by atoms with Gasteiger partial charge in [-0.05, 0) is 56.0 Å². The predicted octanol–water partition coefficient (Wildman–Crippen LogP) is 2.60. The Kier molecular flexibility index (Phi) is 4.59. The van der Waals surface area contributed by atoms with Crippen molar-refractivity contribution in [2.24, 2.45) is 0 Å². The highest BCUT2D eigenvalue weighted by atomic mass is 16.5. The SMILES string of the molecule is CC1(C)Cc2cc(/C=C(\C#N)C(=O)NCC3CCCO3)ccc2O1. The third kappa shape index (κ3) is 3.77. The number of fused-ring (bicyclic) bond motifs is 1. The van der Waals surface area contributed by atoms with Crippen molar-refractivity contribution in [1.29, 1.82) is 5.26 Å². The number of nitriles is 1. The third-order valence-corrected chi connectivity index (χ3v) is 4.28. The summed E-state index contributed by atoms with van der Waals surface area (Å²) in [4.78, 5) is 12.2. The summed E-state index contributed by atoms with van der Waals surface area (Å²) < 4.78 is 11.3. The van der Waals surface area contributed by atoms with Crippen LogP contribution in [-0.4, -0.2) is 30.8 Å². The zero-order valence-electron chi connectivity index (χ0n) is 14.1. The number of nitrogens with zero attached hydrogens (tertiary/aromatic N) is 1. The molecule has 1 atom stereocenters. The van der Waals surface area contributed by atoms with Crippen LogP contribution in [0.3, 0.4) is 0 Å². The van der Waals surface area contributed by atoms with Gasteiger partial charge in [0, 0.05) is 19.6 Å². The molecule has 2 heterocycles. The number of nitrogens with one attached hydrogen (secondary N) is 1. The Morgan fingerprint density at radius 3 is 3.04 bits per heavy atom. The zero-order chi connectivity index (χ0) is 17.2. The lowest BCUT2D eigenvalue weighted by Crippen LogP contribution is -2.32. The Labute approximate surface area is 142 Å². The Balaban J connectivity index is 1.69. The molecule has 0 spiro atoms. The highest BCUT2D eigenvalue weighted by Gasteiger charge is 2.29. The molecule has 2 aliphatic heterocycles. The summed E-state index contributed by atoms with van der Waals surface area (Å²) in [5, 5.41) is 12.1. The lowest BCUT2D eigenvalue weighted by molar-refractivity contribution is -0.117. The second kappa shape index (κ2) is 6.66. The molecule has 0 radical (unpaired) electrons. The summed E-state index contributed by atoms with van der Waals surface area (Å²) in [6, 6.07) is 7.73. The smallest absolute Gasteiger partial charge is 0.262 e. The summed E-state index contributed by atoms with van der Waals surface area (Å²) in [6.45, 7) is 5.28. The molecule has 0 aromatic heterocycles. The first-order chi connectivity index (χ1) is 11.5. The van der Waals surface area contributed by atoms with Gasteiger partial charge in [0.25, 0.3) is 5.91 Å². The largest absolute Gasteiger partial charge is 0.487 e. The van der Waals surface area contributed by atoms with E-state index in [1.54, 1.807) is 6.08 Å². The minimum atomic E-state index is -0.356. The first kappa shape index (κ1) is 16.5. The first-order valence-electron chi connectivity index (χ1n) is 8.30. The summed E-state index contributed by atoms with van der Waals surface area (Å²) >= 11 is 0. The van der Waals surface area contributed by atoms with Gasteiger partial charge in [-0.1, -0.05) is 6.07 Å². The maximum Gasteiger partial charge on any atom is 0.262 e. The maximum atomic E-state index is 12.2. The molecule has 2 aliphatic rings. The quantitative estimate of drug-likeness (QED) is 0.682. The molecule has 0 bridgehead atoms. The van der Waals surface area contributed by atoms with Gasteiger partial charge in [0.1, 0.15) is 23.0 Å². The van der Waals surface area contributed by atoms with E-state index in [2.05, 4.69) is 5.32 Å². The van der Waals surface area contributed by atoms with Crippen molar-refractivity contribution in [1.82, 2.24) is 5.32 Å². The second-order valence-corrected chi connectivity index (χ2v) is 6.92. The number of hydrogen-bond acceptors (Lipinski definition) is 4. The molecule has 1 aromatic carbocycles. The monoisotopic (exact) mass is 326 g/mol. The van der Waals surface area contributed by atoms with Crippen LogP contribution in [0.25, 0.3) is 6.08 Å². The van der Waals surface area contributed by atoms with Crippen LogP contribution in [0.5, 0.6) is 5.75 Å². The van der Waals surface area contributed by atoms with E-state index in [-0.39, 0.29) is 23.2 Å². The molecule has 1 amide bonds. The van der Waals surface area contributed by atoms with Crippen molar-refractivity contribution >= 4 is 12.0 Å². The number of benzene rings is 1. The van der Waals surface area contributed by atoms with Gasteiger partial charge in [-0.15, -0.1) is 0 Å². The summed E-state index contributed by atoms with van der Waals surface area (Å²) in [5.41, 5.74) is 1.83. The fourth-order valence-electron chi connectivity index (χ4n) is 3.14. The van der Waals surface area contributed by atoms with Crippen LogP contribution in [-0.2, 0) is 16.0 Å². The normalized spacial score (nSPS) is 21.7. The minimum absolute atomic E-state index is 0.0632. The molecule has 0 aliphatic carbocycles. The molecule has 1 saturated heterocycles. The molecular weight excluding hydrogens is 304 g/mol. The van der Waals surface area contributed by atoms with Gasteiger partial charge in [-0.2, -0.15) is 5.26 Å². The van der Waals surface area contributed by atoms with Crippen LogP contribution in [0.4, 0.5) is 0 Å². The molecule has 1 fully saturated rings. The molecule has 3 rings (SSSR count). The zero-order valence-corrected chi connectivity index (χ0v) is 14.1. The summed E-state index contributed by atoms with van der Waals surface area (Å²) in [6.07, 6.45) is 4.47. The van der Waals surface area contributed by atoms with E-state index in [1.807, 2.05) is 38.1 Å². The molecule has 126 valence electrons. The third-order valence-electron chi connectivity index (χ3n) is 4.28. The van der Waals surface area contributed by atoms with E-state index in [1.165, 1.54) is 0 Å². The molecule has 5 nitrogen and oxygen atoms in total. The van der Waals surface area contributed by atoms with E-state index in [4.69, 9.17) is 9.47 Å². The second-order valence-electron chi connectivity index (χ2n) is 6.92. The molecule has 1 unspecified atom stereocenters. The number of amides is 1. The fourth-order valence-corrected chi connectivity index (χ4v) is 3.14. The van der Waals surface area contributed by atoms with Crippen molar-refractivity contribution in [3.63, 3.8) is 0 Å². The van der Waals surface area contributed by atoms with E-state index < -0.39 is 0 Å². The van der Waals surface area contributed by atoms with Gasteiger partial charge < -0.3 is 14.8 Å². The van der Waals surface area contributed by atoms with Crippen molar-refractivity contribution in [2.75, 3.05) is 13.2 Å². The van der Waals surface area contributed by atoms with E-state index in [9.17, 15) is 10.1 Å². The fraction of sp³-hybridized carbons (Fsp3) is 0.474. The molecule has 1 aromatic rings. The van der Waals surface area contributed by atoms with Gasteiger partial charge in [0.15, 0.2) is 0 Å². The first-order valence-corrected chi connectivity index (χ1v) is 8.30. The van der Waals surface area contributed by atoms with Gasteiger partial charge in [0.05, 0.1) is 6.10 Å². The number of rotatable bonds is 4. The van der Waals surface area contributed by atoms with Crippen molar-refractivity contribution in [3.05, 3.63) is 34.9 Å². The number of carbonyl (C=O) groups excluding carboxylic acids is 1.